The van der Waals surface area contributed by atoms with Crippen LogP contribution in [0.3, 0.4) is 0 Å². The second-order valence-electron chi connectivity index (χ2n) is 6.39. The molecule has 5 nitrogen and oxygen atoms in total. The first-order valence-corrected chi connectivity index (χ1v) is 8.95. The van der Waals surface area contributed by atoms with Crippen LogP contribution in [0.4, 0.5) is 0 Å². The SMILES string of the molecule is c1ccc(-c2cc3c([nH]c4ccccc43)c(OCCn3cccn3)n2)cc1. The Bertz CT molecular complexity index is 1190. The topological polar surface area (TPSA) is 55.7 Å². The summed E-state index contributed by atoms with van der Waals surface area (Å²) in [4.78, 5) is 8.26. The lowest BCUT2D eigenvalue weighted by atomic mass is 10.1. The molecule has 2 aromatic carbocycles. The van der Waals surface area contributed by atoms with Gasteiger partial charge in [-0.25, -0.2) is 4.98 Å². The maximum absolute atomic E-state index is 6.08. The average Bonchev–Trinajstić information content (AvgIpc) is 3.36. The standard InChI is InChI=1S/C22H18N4O/c1-2-7-16(8-3-1)20-15-18-17-9-4-5-10-19(17)24-21(18)22(25-20)27-14-13-26-12-6-11-23-26/h1-12,15,24H,13-14H2. The summed E-state index contributed by atoms with van der Waals surface area (Å²) in [5.41, 5.74) is 3.98. The molecular weight excluding hydrogens is 336 g/mol. The molecule has 5 aromatic rings. The Labute approximate surface area is 156 Å². The second-order valence-corrected chi connectivity index (χ2v) is 6.39. The number of nitrogens with zero attached hydrogens (tertiary/aromatic N) is 3. The molecule has 3 heterocycles. The molecule has 0 bridgehead atoms. The molecule has 5 rings (SSSR count). The van der Waals surface area contributed by atoms with Crippen molar-refractivity contribution in [3.8, 4) is 17.1 Å². The predicted octanol–water partition coefficient (Wildman–Crippen LogP) is 4.66. The summed E-state index contributed by atoms with van der Waals surface area (Å²) in [5.74, 6) is 0.620. The van der Waals surface area contributed by atoms with E-state index >= 15 is 0 Å². The lowest BCUT2D eigenvalue weighted by Crippen LogP contribution is -2.09. The van der Waals surface area contributed by atoms with E-state index in [0.29, 0.717) is 19.0 Å². The number of benzene rings is 2. The van der Waals surface area contributed by atoms with Gasteiger partial charge in [0.15, 0.2) is 0 Å². The summed E-state index contributed by atoms with van der Waals surface area (Å²) in [7, 11) is 0. The summed E-state index contributed by atoms with van der Waals surface area (Å²) < 4.78 is 7.93. The van der Waals surface area contributed by atoms with Gasteiger partial charge in [0.05, 0.1) is 12.2 Å². The fourth-order valence-electron chi connectivity index (χ4n) is 3.35. The van der Waals surface area contributed by atoms with Crippen LogP contribution in [0.2, 0.25) is 0 Å². The summed E-state index contributed by atoms with van der Waals surface area (Å²) in [5, 5.41) is 6.51. The lowest BCUT2D eigenvalue weighted by Gasteiger charge is -2.09. The molecular formula is C22H18N4O. The van der Waals surface area contributed by atoms with Crippen molar-refractivity contribution in [3.05, 3.63) is 79.1 Å². The molecule has 132 valence electrons. The smallest absolute Gasteiger partial charge is 0.239 e. The molecule has 3 aromatic heterocycles. The Kier molecular flexibility index (Phi) is 3.83. The summed E-state index contributed by atoms with van der Waals surface area (Å²) in [6.07, 6.45) is 3.69. The van der Waals surface area contributed by atoms with Gasteiger partial charge in [-0.2, -0.15) is 5.10 Å². The van der Waals surface area contributed by atoms with Gasteiger partial charge in [-0.05, 0) is 18.2 Å². The van der Waals surface area contributed by atoms with E-state index < -0.39 is 0 Å². The summed E-state index contributed by atoms with van der Waals surface area (Å²) >= 11 is 0. The van der Waals surface area contributed by atoms with Gasteiger partial charge >= 0.3 is 0 Å². The maximum atomic E-state index is 6.08. The number of aromatic amines is 1. The number of ether oxygens (including phenoxy) is 1. The number of nitrogens with one attached hydrogen (secondary N) is 1. The van der Waals surface area contributed by atoms with Gasteiger partial charge < -0.3 is 9.72 Å². The van der Waals surface area contributed by atoms with Gasteiger partial charge in [0.25, 0.3) is 0 Å². The predicted molar refractivity (Wildman–Crippen MR) is 107 cm³/mol. The summed E-state index contributed by atoms with van der Waals surface area (Å²) in [6.45, 7) is 1.17. The molecule has 0 unspecified atom stereocenters. The first-order chi connectivity index (χ1) is 13.4. The monoisotopic (exact) mass is 354 g/mol. The van der Waals surface area contributed by atoms with E-state index in [2.05, 4.69) is 46.5 Å². The van der Waals surface area contributed by atoms with Crippen molar-refractivity contribution in [1.29, 1.82) is 0 Å². The molecule has 0 aliphatic carbocycles. The molecule has 0 saturated carbocycles. The van der Waals surface area contributed by atoms with E-state index in [-0.39, 0.29) is 0 Å². The first-order valence-electron chi connectivity index (χ1n) is 8.95. The fourth-order valence-corrected chi connectivity index (χ4v) is 3.35. The normalized spacial score (nSPS) is 11.3. The van der Waals surface area contributed by atoms with Crippen molar-refractivity contribution in [3.63, 3.8) is 0 Å². The van der Waals surface area contributed by atoms with E-state index in [1.54, 1.807) is 6.20 Å². The molecule has 0 aliphatic heterocycles. The number of aromatic nitrogens is 4. The van der Waals surface area contributed by atoms with Crippen LogP contribution in [0.15, 0.2) is 79.1 Å². The van der Waals surface area contributed by atoms with Crippen molar-refractivity contribution >= 4 is 21.8 Å². The molecule has 27 heavy (non-hydrogen) atoms. The van der Waals surface area contributed by atoms with Crippen LogP contribution in [-0.2, 0) is 6.54 Å². The Morgan fingerprint density at radius 3 is 2.63 bits per heavy atom. The average molecular weight is 354 g/mol. The molecule has 0 aliphatic rings. The van der Waals surface area contributed by atoms with E-state index in [9.17, 15) is 0 Å². The minimum absolute atomic E-state index is 0.497. The highest BCUT2D eigenvalue weighted by molar-refractivity contribution is 6.09. The van der Waals surface area contributed by atoms with E-state index in [4.69, 9.17) is 9.72 Å². The number of fused-ring (bicyclic) bond motifs is 3. The van der Waals surface area contributed by atoms with Crippen molar-refractivity contribution in [2.75, 3.05) is 6.61 Å². The molecule has 1 N–H and O–H groups in total. The molecule has 5 heteroatoms. The molecule has 0 fully saturated rings. The van der Waals surface area contributed by atoms with Crippen molar-refractivity contribution in [2.24, 2.45) is 0 Å². The van der Waals surface area contributed by atoms with Crippen LogP contribution in [-0.4, -0.2) is 26.4 Å². The number of hydrogen-bond acceptors (Lipinski definition) is 3. The van der Waals surface area contributed by atoms with Crippen LogP contribution >= 0.6 is 0 Å². The minimum Gasteiger partial charge on any atom is -0.474 e. The molecule has 0 radical (unpaired) electrons. The van der Waals surface area contributed by atoms with Crippen molar-refractivity contribution < 1.29 is 4.74 Å². The quantitative estimate of drug-likeness (QED) is 0.499. The van der Waals surface area contributed by atoms with E-state index in [1.807, 2.05) is 41.2 Å². The largest absolute Gasteiger partial charge is 0.474 e. The minimum atomic E-state index is 0.497. The zero-order valence-corrected chi connectivity index (χ0v) is 14.7. The van der Waals surface area contributed by atoms with Crippen LogP contribution in [0.25, 0.3) is 33.1 Å². The number of H-pyrrole nitrogens is 1. The van der Waals surface area contributed by atoms with Crippen LogP contribution in [0, 0.1) is 0 Å². The van der Waals surface area contributed by atoms with Gasteiger partial charge in [-0.3, -0.25) is 4.68 Å². The van der Waals surface area contributed by atoms with Gasteiger partial charge in [-0.1, -0.05) is 48.5 Å². The van der Waals surface area contributed by atoms with Crippen LogP contribution in [0.5, 0.6) is 5.88 Å². The highest BCUT2D eigenvalue weighted by atomic mass is 16.5. The molecule has 0 amide bonds. The zero-order chi connectivity index (χ0) is 18.1. The Hall–Kier alpha value is -3.60. The Morgan fingerprint density at radius 1 is 0.926 bits per heavy atom. The Morgan fingerprint density at radius 2 is 1.78 bits per heavy atom. The lowest BCUT2D eigenvalue weighted by molar-refractivity contribution is 0.284. The number of rotatable bonds is 5. The maximum Gasteiger partial charge on any atom is 0.239 e. The number of hydrogen-bond donors (Lipinski definition) is 1. The highest BCUT2D eigenvalue weighted by Gasteiger charge is 2.14. The molecule has 0 saturated heterocycles. The second kappa shape index (κ2) is 6.61. The third-order valence-electron chi connectivity index (χ3n) is 4.65. The Balaban J connectivity index is 1.60. The van der Waals surface area contributed by atoms with Gasteiger partial charge in [0.1, 0.15) is 12.1 Å². The molecule has 0 atom stereocenters. The van der Waals surface area contributed by atoms with E-state index in [0.717, 1.165) is 27.7 Å². The number of pyridine rings is 1. The molecule has 0 spiro atoms. The van der Waals surface area contributed by atoms with Crippen molar-refractivity contribution in [2.45, 2.75) is 6.54 Å². The highest BCUT2D eigenvalue weighted by Crippen LogP contribution is 2.34. The third-order valence-corrected chi connectivity index (χ3v) is 4.65. The van der Waals surface area contributed by atoms with Crippen molar-refractivity contribution in [1.82, 2.24) is 19.7 Å². The summed E-state index contributed by atoms with van der Waals surface area (Å²) in [6, 6.07) is 22.5. The van der Waals surface area contributed by atoms with Gasteiger partial charge in [0, 0.05) is 34.2 Å². The van der Waals surface area contributed by atoms with Crippen LogP contribution in [0.1, 0.15) is 0 Å². The fraction of sp³-hybridized carbons (Fsp3) is 0.0909. The van der Waals surface area contributed by atoms with Gasteiger partial charge in [-0.15, -0.1) is 0 Å². The van der Waals surface area contributed by atoms with Crippen LogP contribution < -0.4 is 4.74 Å². The van der Waals surface area contributed by atoms with Gasteiger partial charge in [0.2, 0.25) is 5.88 Å². The number of para-hydroxylation sites is 1. The first kappa shape index (κ1) is 15.6. The zero-order valence-electron chi connectivity index (χ0n) is 14.7. The van der Waals surface area contributed by atoms with E-state index in [1.165, 1.54) is 5.39 Å². The third kappa shape index (κ3) is 2.93.